The van der Waals surface area contributed by atoms with Crippen molar-refractivity contribution in [3.05, 3.63) is 60.0 Å². The van der Waals surface area contributed by atoms with E-state index in [0.717, 1.165) is 53.0 Å². The van der Waals surface area contributed by atoms with Crippen LogP contribution in [0.1, 0.15) is 31.4 Å². The summed E-state index contributed by atoms with van der Waals surface area (Å²) in [5.74, 6) is 0.811. The van der Waals surface area contributed by atoms with Crippen molar-refractivity contribution in [2.24, 2.45) is 12.0 Å². The Labute approximate surface area is 229 Å². The van der Waals surface area contributed by atoms with Crippen LogP contribution in [-0.4, -0.2) is 99.3 Å². The number of allylic oxidation sites excluding steroid dienone is 3. The highest BCUT2D eigenvalue weighted by atomic mass is 16.5. The number of urea groups is 1. The third kappa shape index (κ3) is 5.47. The van der Waals surface area contributed by atoms with E-state index in [1.54, 1.807) is 7.11 Å². The Morgan fingerprint density at radius 2 is 1.85 bits per heavy atom. The molecule has 0 aromatic carbocycles. The lowest BCUT2D eigenvalue weighted by atomic mass is 10.00. The topological polar surface area (TPSA) is 83.5 Å². The Bertz CT molecular complexity index is 1410. The summed E-state index contributed by atoms with van der Waals surface area (Å²) in [5.41, 5.74) is 6.66. The Hall–Kier alpha value is -3.92. The summed E-state index contributed by atoms with van der Waals surface area (Å²) in [4.78, 5) is 23.3. The molecule has 10 nitrogen and oxygen atoms in total. The largest absolute Gasteiger partial charge is 0.380 e. The molecule has 2 saturated heterocycles. The molecule has 2 amide bonds. The van der Waals surface area contributed by atoms with Gasteiger partial charge in [0.25, 0.3) is 0 Å². The number of rotatable bonds is 7. The maximum Gasteiger partial charge on any atom is 0.320 e. The summed E-state index contributed by atoms with van der Waals surface area (Å²) in [7, 11) is 3.63. The van der Waals surface area contributed by atoms with Gasteiger partial charge >= 0.3 is 6.03 Å². The number of ether oxygens (including phenoxy) is 1. The summed E-state index contributed by atoms with van der Waals surface area (Å²) in [5, 5.41) is 8.98. The van der Waals surface area contributed by atoms with Gasteiger partial charge in [-0.1, -0.05) is 13.0 Å². The molecule has 0 radical (unpaired) electrons. The van der Waals surface area contributed by atoms with E-state index in [1.165, 1.54) is 5.56 Å². The second-order valence-electron chi connectivity index (χ2n) is 10.2. The number of methoxy groups -OCH3 is 1. The number of hydrogen-bond acceptors (Lipinski definition) is 6. The highest BCUT2D eigenvalue weighted by Crippen LogP contribution is 2.30. The minimum atomic E-state index is 0.104. The highest BCUT2D eigenvalue weighted by Gasteiger charge is 2.31. The number of likely N-dealkylation sites (tertiary alicyclic amines) is 1. The van der Waals surface area contributed by atoms with E-state index >= 15 is 0 Å². The number of carbonyl (C=O) groups excluding carboxylic acids is 1. The SMILES string of the molecule is C=N/C(=C\C=C(/C)c1cc(-c2cnn(C)c2)cn2ncc(CC)c12)N1CCN(C(=O)N2CC[C@H](OC)C2)CC1. The molecule has 1 atom stereocenters. The molecule has 39 heavy (non-hydrogen) atoms. The van der Waals surface area contributed by atoms with Gasteiger partial charge in [-0.05, 0) is 49.8 Å². The summed E-state index contributed by atoms with van der Waals surface area (Å²) in [6.07, 6.45) is 14.0. The van der Waals surface area contributed by atoms with Gasteiger partial charge in [0.15, 0.2) is 0 Å². The van der Waals surface area contributed by atoms with Crippen LogP contribution in [0, 0.1) is 0 Å². The van der Waals surface area contributed by atoms with E-state index < -0.39 is 0 Å². The fourth-order valence-electron chi connectivity index (χ4n) is 5.44. The monoisotopic (exact) mass is 530 g/mol. The normalized spacial score (nSPS) is 18.9. The molecule has 2 aliphatic rings. The zero-order valence-corrected chi connectivity index (χ0v) is 23.4. The van der Waals surface area contributed by atoms with Gasteiger partial charge in [0, 0.05) is 82.5 Å². The van der Waals surface area contributed by atoms with E-state index in [4.69, 9.17) is 4.74 Å². The average Bonchev–Trinajstić information content (AvgIpc) is 3.72. The first-order valence-electron chi connectivity index (χ1n) is 13.6. The maximum absolute atomic E-state index is 13.0. The number of amides is 2. The molecule has 10 heteroatoms. The molecule has 3 aromatic heterocycles. The first-order valence-corrected chi connectivity index (χ1v) is 13.6. The van der Waals surface area contributed by atoms with Gasteiger partial charge in [0.1, 0.15) is 5.82 Å². The Morgan fingerprint density at radius 1 is 1.08 bits per heavy atom. The van der Waals surface area contributed by atoms with Crippen LogP contribution in [0.2, 0.25) is 0 Å². The molecule has 0 aliphatic carbocycles. The number of fused-ring (bicyclic) bond motifs is 1. The van der Waals surface area contributed by atoms with Crippen LogP contribution in [0.5, 0.6) is 0 Å². The van der Waals surface area contributed by atoms with Gasteiger partial charge in [-0.25, -0.2) is 14.3 Å². The molecule has 0 unspecified atom stereocenters. The first-order chi connectivity index (χ1) is 18.9. The van der Waals surface area contributed by atoms with Crippen LogP contribution in [0.25, 0.3) is 22.2 Å². The fraction of sp³-hybridized carbons (Fsp3) is 0.448. The van der Waals surface area contributed by atoms with E-state index in [0.29, 0.717) is 32.7 Å². The second kappa shape index (κ2) is 11.4. The molecule has 2 aliphatic heterocycles. The van der Waals surface area contributed by atoms with Crippen molar-refractivity contribution in [1.82, 2.24) is 34.1 Å². The van der Waals surface area contributed by atoms with Crippen molar-refractivity contribution in [3.8, 4) is 11.1 Å². The third-order valence-corrected chi connectivity index (χ3v) is 7.80. The van der Waals surface area contributed by atoms with E-state index in [9.17, 15) is 4.79 Å². The molecule has 0 saturated carbocycles. The summed E-state index contributed by atoms with van der Waals surface area (Å²) >= 11 is 0. The first kappa shape index (κ1) is 26.7. The lowest BCUT2D eigenvalue weighted by molar-refractivity contribution is 0.0998. The third-order valence-electron chi connectivity index (χ3n) is 7.80. The van der Waals surface area contributed by atoms with Crippen molar-refractivity contribution in [2.45, 2.75) is 32.8 Å². The summed E-state index contributed by atoms with van der Waals surface area (Å²) in [6, 6.07) is 2.32. The number of hydrogen-bond donors (Lipinski definition) is 0. The van der Waals surface area contributed by atoms with Crippen molar-refractivity contribution in [2.75, 3.05) is 46.4 Å². The van der Waals surface area contributed by atoms with Gasteiger partial charge in [-0.3, -0.25) is 4.68 Å². The molecular weight excluding hydrogens is 492 g/mol. The van der Waals surface area contributed by atoms with Gasteiger partial charge < -0.3 is 19.4 Å². The van der Waals surface area contributed by atoms with Crippen molar-refractivity contribution in [3.63, 3.8) is 0 Å². The number of aromatic nitrogens is 4. The minimum absolute atomic E-state index is 0.104. The summed E-state index contributed by atoms with van der Waals surface area (Å²) in [6.45, 7) is 12.3. The summed E-state index contributed by atoms with van der Waals surface area (Å²) < 4.78 is 9.20. The molecular formula is C29H38N8O2. The number of aryl methyl sites for hydroxylation is 2. The molecule has 3 aromatic rings. The lowest BCUT2D eigenvalue weighted by Crippen LogP contribution is -2.52. The number of aliphatic imine (C=N–C) groups is 1. The molecule has 0 N–H and O–H groups in total. The van der Waals surface area contributed by atoms with Crippen molar-refractivity contribution < 1.29 is 9.53 Å². The predicted octanol–water partition coefficient (Wildman–Crippen LogP) is 3.70. The van der Waals surface area contributed by atoms with Crippen molar-refractivity contribution in [1.29, 1.82) is 0 Å². The van der Waals surface area contributed by atoms with Crippen LogP contribution >= 0.6 is 0 Å². The van der Waals surface area contributed by atoms with E-state index in [1.807, 2.05) is 50.7 Å². The van der Waals surface area contributed by atoms with Crippen LogP contribution in [0.15, 0.2) is 53.8 Å². The van der Waals surface area contributed by atoms with Crippen LogP contribution in [0.4, 0.5) is 4.79 Å². The predicted molar refractivity (Wildman–Crippen MR) is 154 cm³/mol. The van der Waals surface area contributed by atoms with E-state index in [2.05, 4.69) is 59.0 Å². The fourth-order valence-corrected chi connectivity index (χ4v) is 5.44. The smallest absolute Gasteiger partial charge is 0.320 e. The number of nitrogens with zero attached hydrogens (tertiary/aromatic N) is 8. The molecule has 0 spiro atoms. The van der Waals surface area contributed by atoms with Gasteiger partial charge in [0.05, 0.1) is 24.0 Å². The lowest BCUT2D eigenvalue weighted by Gasteiger charge is -2.37. The van der Waals surface area contributed by atoms with Gasteiger partial charge in [0.2, 0.25) is 0 Å². The average molecular weight is 531 g/mol. The van der Waals surface area contributed by atoms with E-state index in [-0.39, 0.29) is 12.1 Å². The Kier molecular flexibility index (Phi) is 7.83. The maximum atomic E-state index is 13.0. The van der Waals surface area contributed by atoms with Crippen molar-refractivity contribution >= 4 is 23.8 Å². The number of carbonyl (C=O) groups is 1. The molecule has 5 rings (SSSR count). The quantitative estimate of drug-likeness (QED) is 0.344. The molecule has 5 heterocycles. The van der Waals surface area contributed by atoms with Crippen LogP contribution in [0.3, 0.4) is 0 Å². The van der Waals surface area contributed by atoms with Crippen LogP contribution < -0.4 is 0 Å². The van der Waals surface area contributed by atoms with Crippen LogP contribution in [-0.2, 0) is 18.2 Å². The Balaban J connectivity index is 1.35. The second-order valence-corrected chi connectivity index (χ2v) is 10.2. The number of pyridine rings is 1. The molecule has 2 fully saturated rings. The zero-order chi connectivity index (χ0) is 27.5. The highest BCUT2D eigenvalue weighted by molar-refractivity contribution is 5.83. The minimum Gasteiger partial charge on any atom is -0.380 e. The van der Waals surface area contributed by atoms with Gasteiger partial charge in [-0.2, -0.15) is 10.2 Å². The number of piperazine rings is 1. The molecule has 206 valence electrons. The van der Waals surface area contributed by atoms with Gasteiger partial charge in [-0.15, -0.1) is 0 Å². The molecule has 0 bridgehead atoms. The zero-order valence-electron chi connectivity index (χ0n) is 23.4. The standard InChI is InChI=1S/C29H38N8O2/c1-6-22-16-32-37-19-23(24-17-31-33(4)18-24)15-26(28(22)37)21(2)7-8-27(30-3)34-11-13-35(14-12-34)29(38)36-10-9-25(20-36)39-5/h7-8,15-19,25H,3,6,9-14,20H2,1-2,4-5H3/b21-7+,27-8+/t25-/m0/s1. The Morgan fingerprint density at radius 3 is 2.49 bits per heavy atom.